The Hall–Kier alpha value is 0.240. The van der Waals surface area contributed by atoms with Crippen molar-refractivity contribution in [2.24, 2.45) is 11.3 Å². The van der Waals surface area contributed by atoms with Gasteiger partial charge in [0.25, 0.3) is 0 Å². The van der Waals surface area contributed by atoms with Gasteiger partial charge in [-0.25, -0.2) is 0 Å². The van der Waals surface area contributed by atoms with E-state index in [2.05, 4.69) is 25.2 Å². The van der Waals surface area contributed by atoms with Crippen LogP contribution in [-0.4, -0.2) is 7.05 Å². The first-order valence-electron chi connectivity index (χ1n) is 7.10. The van der Waals surface area contributed by atoms with Crippen LogP contribution in [0.5, 0.6) is 0 Å². The fourth-order valence-electron chi connectivity index (χ4n) is 3.84. The van der Waals surface area contributed by atoms with E-state index in [0.29, 0.717) is 17.4 Å². The van der Waals surface area contributed by atoms with Crippen LogP contribution in [0, 0.1) is 11.3 Å². The maximum Gasteiger partial charge on any atom is 0.0992 e. The highest BCUT2D eigenvalue weighted by Crippen LogP contribution is 2.53. The molecule has 1 N–H and O–H groups in total. The van der Waals surface area contributed by atoms with Crippen LogP contribution in [0.3, 0.4) is 0 Å². The van der Waals surface area contributed by atoms with Gasteiger partial charge in [0.05, 0.1) is 8.67 Å². The molecule has 1 aromatic heterocycles. The van der Waals surface area contributed by atoms with Crippen LogP contribution in [-0.2, 0) is 0 Å². The third kappa shape index (κ3) is 3.29. The first-order valence-corrected chi connectivity index (χ1v) is 8.68. The Labute approximate surface area is 130 Å². The van der Waals surface area contributed by atoms with Gasteiger partial charge in [0.2, 0.25) is 0 Å². The van der Waals surface area contributed by atoms with E-state index < -0.39 is 0 Å². The largest absolute Gasteiger partial charge is 0.312 e. The van der Waals surface area contributed by atoms with Crippen molar-refractivity contribution in [3.05, 3.63) is 20.3 Å². The highest BCUT2D eigenvalue weighted by molar-refractivity contribution is 7.20. The molecule has 0 radical (unpaired) electrons. The van der Waals surface area contributed by atoms with E-state index in [4.69, 9.17) is 23.2 Å². The zero-order valence-electron chi connectivity index (χ0n) is 11.9. The summed E-state index contributed by atoms with van der Waals surface area (Å²) >= 11 is 14.0. The molecule has 4 heteroatoms. The second-order valence-corrected chi connectivity index (χ2v) is 8.45. The molecule has 0 spiro atoms. The topological polar surface area (TPSA) is 12.0 Å². The first-order chi connectivity index (χ1) is 8.98. The minimum atomic E-state index is 0.327. The summed E-state index contributed by atoms with van der Waals surface area (Å²) in [5.74, 6) is 0.710. The Kier molecular flexibility index (Phi) is 5.21. The molecule has 1 aliphatic carbocycles. The fourth-order valence-corrected chi connectivity index (χ4v) is 5.38. The van der Waals surface area contributed by atoms with Gasteiger partial charge in [0.1, 0.15) is 0 Å². The van der Waals surface area contributed by atoms with Crippen molar-refractivity contribution < 1.29 is 0 Å². The van der Waals surface area contributed by atoms with Gasteiger partial charge in [-0.05, 0) is 43.7 Å². The second-order valence-electron chi connectivity index (χ2n) is 6.17. The second kappa shape index (κ2) is 6.34. The molecule has 0 saturated heterocycles. The number of hydrogen-bond donors (Lipinski definition) is 1. The standard InChI is InChI=1S/C15H23Cl2NS/c1-10(2)9-15(6-4-5-7-15)13(18-3)11-8-12(16)19-14(11)17/h8,10,13,18H,4-7,9H2,1-3H3. The van der Waals surface area contributed by atoms with Crippen molar-refractivity contribution in [3.8, 4) is 0 Å². The molecule has 0 aromatic carbocycles. The number of hydrogen-bond acceptors (Lipinski definition) is 2. The van der Waals surface area contributed by atoms with Crippen LogP contribution < -0.4 is 5.32 Å². The molecule has 19 heavy (non-hydrogen) atoms. The zero-order chi connectivity index (χ0) is 14.0. The first kappa shape index (κ1) is 15.6. The maximum atomic E-state index is 6.39. The Bertz CT molecular complexity index is 422. The van der Waals surface area contributed by atoms with Crippen LogP contribution in [0.25, 0.3) is 0 Å². The molecule has 1 nitrogen and oxygen atoms in total. The summed E-state index contributed by atoms with van der Waals surface area (Å²) in [5.41, 5.74) is 1.54. The van der Waals surface area contributed by atoms with E-state index in [1.807, 2.05) is 7.05 Å². The van der Waals surface area contributed by atoms with E-state index in [0.717, 1.165) is 8.67 Å². The normalized spacial score (nSPS) is 20.1. The molecule has 0 bridgehead atoms. The van der Waals surface area contributed by atoms with Gasteiger partial charge in [0, 0.05) is 11.6 Å². The molecule has 0 amide bonds. The third-order valence-corrected chi connectivity index (χ3v) is 5.83. The summed E-state index contributed by atoms with van der Waals surface area (Å²) in [5, 5.41) is 3.52. The van der Waals surface area contributed by atoms with Gasteiger partial charge < -0.3 is 5.32 Å². The molecule has 1 unspecified atom stereocenters. The fraction of sp³-hybridized carbons (Fsp3) is 0.733. The Morgan fingerprint density at radius 3 is 2.37 bits per heavy atom. The Balaban J connectivity index is 2.35. The Morgan fingerprint density at radius 1 is 1.32 bits per heavy atom. The van der Waals surface area contributed by atoms with Crippen LogP contribution >= 0.6 is 34.5 Å². The summed E-state index contributed by atoms with van der Waals surface area (Å²) in [6.45, 7) is 4.63. The van der Waals surface area contributed by atoms with Crippen molar-refractivity contribution in [3.63, 3.8) is 0 Å². The molecular formula is C15H23Cl2NS. The molecule has 1 aliphatic rings. The van der Waals surface area contributed by atoms with Gasteiger partial charge in [-0.1, -0.05) is 49.9 Å². The van der Waals surface area contributed by atoms with Crippen molar-refractivity contribution in [2.45, 2.75) is 52.0 Å². The van der Waals surface area contributed by atoms with E-state index in [1.54, 1.807) is 0 Å². The van der Waals surface area contributed by atoms with Crippen LogP contribution in [0.1, 0.15) is 57.6 Å². The van der Waals surface area contributed by atoms with Gasteiger partial charge in [-0.2, -0.15) is 0 Å². The smallest absolute Gasteiger partial charge is 0.0992 e. The average molecular weight is 320 g/mol. The quantitative estimate of drug-likeness (QED) is 0.710. The lowest BCUT2D eigenvalue weighted by atomic mass is 9.71. The zero-order valence-corrected chi connectivity index (χ0v) is 14.3. The number of rotatable bonds is 5. The van der Waals surface area contributed by atoms with Gasteiger partial charge in [-0.15, -0.1) is 11.3 Å². The lowest BCUT2D eigenvalue weighted by Gasteiger charge is -2.39. The van der Waals surface area contributed by atoms with Gasteiger partial charge >= 0.3 is 0 Å². The SMILES string of the molecule is CNC(c1cc(Cl)sc1Cl)C1(CC(C)C)CCCC1. The highest BCUT2D eigenvalue weighted by Gasteiger charge is 2.42. The number of halogens is 2. The lowest BCUT2D eigenvalue weighted by Crippen LogP contribution is -2.35. The minimum Gasteiger partial charge on any atom is -0.312 e. The predicted octanol–water partition coefficient (Wildman–Crippen LogP) is 5.92. The van der Waals surface area contributed by atoms with Gasteiger partial charge in [-0.3, -0.25) is 0 Å². The highest BCUT2D eigenvalue weighted by atomic mass is 35.5. The molecule has 1 saturated carbocycles. The monoisotopic (exact) mass is 319 g/mol. The van der Waals surface area contributed by atoms with Crippen LogP contribution in [0.2, 0.25) is 8.67 Å². The molecule has 1 aromatic rings. The van der Waals surface area contributed by atoms with Crippen LogP contribution in [0.15, 0.2) is 6.07 Å². The molecule has 2 rings (SSSR count). The molecule has 1 fully saturated rings. The molecular weight excluding hydrogens is 297 g/mol. The van der Waals surface area contributed by atoms with E-state index in [9.17, 15) is 0 Å². The number of nitrogens with one attached hydrogen (secondary N) is 1. The van der Waals surface area contributed by atoms with E-state index in [-0.39, 0.29) is 0 Å². The van der Waals surface area contributed by atoms with Crippen LogP contribution in [0.4, 0.5) is 0 Å². The summed E-state index contributed by atoms with van der Waals surface area (Å²) in [6.07, 6.45) is 6.50. The summed E-state index contributed by atoms with van der Waals surface area (Å²) in [7, 11) is 2.05. The van der Waals surface area contributed by atoms with E-state index in [1.165, 1.54) is 49.0 Å². The van der Waals surface area contributed by atoms with Crippen molar-refractivity contribution in [1.82, 2.24) is 5.32 Å². The summed E-state index contributed by atoms with van der Waals surface area (Å²) in [4.78, 5) is 0. The molecule has 108 valence electrons. The maximum absolute atomic E-state index is 6.39. The predicted molar refractivity (Wildman–Crippen MR) is 86.5 cm³/mol. The van der Waals surface area contributed by atoms with Crippen molar-refractivity contribution >= 4 is 34.5 Å². The van der Waals surface area contributed by atoms with Crippen molar-refractivity contribution in [1.29, 1.82) is 0 Å². The van der Waals surface area contributed by atoms with E-state index >= 15 is 0 Å². The van der Waals surface area contributed by atoms with Gasteiger partial charge in [0.15, 0.2) is 0 Å². The summed E-state index contributed by atoms with van der Waals surface area (Å²) in [6, 6.07) is 2.38. The molecule has 0 aliphatic heterocycles. The molecule has 1 heterocycles. The molecule has 1 atom stereocenters. The number of thiophene rings is 1. The average Bonchev–Trinajstić information content (AvgIpc) is 2.88. The van der Waals surface area contributed by atoms with Crippen molar-refractivity contribution in [2.75, 3.05) is 7.05 Å². The summed E-state index contributed by atoms with van der Waals surface area (Å²) < 4.78 is 1.64. The Morgan fingerprint density at radius 2 is 1.95 bits per heavy atom. The minimum absolute atomic E-state index is 0.327. The third-order valence-electron chi connectivity index (χ3n) is 4.31. The lowest BCUT2D eigenvalue weighted by molar-refractivity contribution is 0.162.